The average molecular weight is 294 g/mol. The van der Waals surface area contributed by atoms with Gasteiger partial charge < -0.3 is 10.4 Å². The Kier molecular flexibility index (Phi) is 4.90. The normalized spacial score (nSPS) is 22.2. The van der Waals surface area contributed by atoms with E-state index in [4.69, 9.17) is 5.11 Å². The molecule has 1 aromatic rings. The molecule has 1 heterocycles. The van der Waals surface area contributed by atoms with E-state index in [0.717, 1.165) is 5.56 Å². The van der Waals surface area contributed by atoms with Crippen LogP contribution in [0.1, 0.15) is 12.5 Å². The number of carbonyl (C=O) groups is 2. The van der Waals surface area contributed by atoms with Crippen LogP contribution in [-0.2, 0) is 16.1 Å². The fourth-order valence-electron chi connectivity index (χ4n) is 2.58. The fraction of sp³-hybridized carbons (Fsp3) is 0.467. The molecule has 0 radical (unpaired) electrons. The zero-order valence-corrected chi connectivity index (χ0v) is 11.9. The highest BCUT2D eigenvalue weighted by Crippen LogP contribution is 2.22. The summed E-state index contributed by atoms with van der Waals surface area (Å²) in [5, 5.41) is 11.8. The predicted molar refractivity (Wildman–Crippen MR) is 75.0 cm³/mol. The molecule has 5 nitrogen and oxygen atoms in total. The number of rotatable bonds is 5. The summed E-state index contributed by atoms with van der Waals surface area (Å²) in [5.74, 6) is -1.63. The smallest absolute Gasteiger partial charge is 0.308 e. The Labute approximate surface area is 122 Å². The predicted octanol–water partition coefficient (Wildman–Crippen LogP) is 1.09. The van der Waals surface area contributed by atoms with Crippen molar-refractivity contribution in [3.63, 3.8) is 0 Å². The molecule has 0 bridgehead atoms. The van der Waals surface area contributed by atoms with Gasteiger partial charge in [0.2, 0.25) is 5.91 Å². The molecule has 6 heteroatoms. The summed E-state index contributed by atoms with van der Waals surface area (Å²) in [5.41, 5.74) is 0.822. The van der Waals surface area contributed by atoms with Crippen molar-refractivity contribution in [2.24, 2.45) is 11.8 Å². The lowest BCUT2D eigenvalue weighted by Crippen LogP contribution is -2.36. The second-order valence-corrected chi connectivity index (χ2v) is 5.52. The van der Waals surface area contributed by atoms with Crippen molar-refractivity contribution in [3.8, 4) is 0 Å². The molecule has 1 aliphatic rings. The first-order valence-electron chi connectivity index (χ1n) is 6.92. The van der Waals surface area contributed by atoms with E-state index >= 15 is 0 Å². The maximum absolute atomic E-state index is 12.8. The van der Waals surface area contributed by atoms with Crippen LogP contribution in [0.3, 0.4) is 0 Å². The minimum atomic E-state index is -0.809. The van der Waals surface area contributed by atoms with E-state index in [1.54, 1.807) is 12.1 Å². The second-order valence-electron chi connectivity index (χ2n) is 5.52. The number of hydrogen-bond acceptors (Lipinski definition) is 3. The molecular weight excluding hydrogens is 275 g/mol. The van der Waals surface area contributed by atoms with E-state index in [-0.39, 0.29) is 24.2 Å². The highest BCUT2D eigenvalue weighted by molar-refractivity contribution is 5.78. The lowest BCUT2D eigenvalue weighted by atomic mass is 9.99. The number of halogens is 1. The van der Waals surface area contributed by atoms with Gasteiger partial charge in [-0.15, -0.1) is 0 Å². The molecule has 2 unspecified atom stereocenters. The lowest BCUT2D eigenvalue weighted by Gasteiger charge is -2.14. The first-order valence-corrected chi connectivity index (χ1v) is 6.92. The van der Waals surface area contributed by atoms with Crippen molar-refractivity contribution < 1.29 is 19.1 Å². The van der Waals surface area contributed by atoms with Gasteiger partial charge >= 0.3 is 5.97 Å². The van der Waals surface area contributed by atoms with Gasteiger partial charge in [-0.25, -0.2) is 4.39 Å². The Bertz CT molecular complexity index is 518. The molecule has 0 spiro atoms. The number of carbonyl (C=O) groups excluding carboxylic acids is 1. The van der Waals surface area contributed by atoms with Crippen LogP contribution in [0.15, 0.2) is 24.3 Å². The molecule has 21 heavy (non-hydrogen) atoms. The van der Waals surface area contributed by atoms with Crippen LogP contribution in [0.5, 0.6) is 0 Å². The van der Waals surface area contributed by atoms with E-state index in [9.17, 15) is 14.0 Å². The summed E-state index contributed by atoms with van der Waals surface area (Å²) in [6.07, 6.45) is 0. The van der Waals surface area contributed by atoms with Crippen LogP contribution >= 0.6 is 0 Å². The van der Waals surface area contributed by atoms with E-state index in [0.29, 0.717) is 19.6 Å². The Hall–Kier alpha value is -1.95. The van der Waals surface area contributed by atoms with Crippen LogP contribution in [0.2, 0.25) is 0 Å². The first kappa shape index (κ1) is 15.4. The maximum atomic E-state index is 12.8. The Morgan fingerprint density at radius 2 is 2.00 bits per heavy atom. The topological polar surface area (TPSA) is 69.6 Å². The van der Waals surface area contributed by atoms with Gasteiger partial charge in [0.15, 0.2) is 0 Å². The SMILES string of the molecule is CC1CN(CC(=O)NCc2ccc(F)cc2)CC1C(=O)O. The molecule has 1 aromatic carbocycles. The summed E-state index contributed by atoms with van der Waals surface area (Å²) in [4.78, 5) is 24.7. The van der Waals surface area contributed by atoms with E-state index in [2.05, 4.69) is 5.32 Å². The highest BCUT2D eigenvalue weighted by Gasteiger charge is 2.35. The Balaban J connectivity index is 1.77. The van der Waals surface area contributed by atoms with Crippen LogP contribution < -0.4 is 5.32 Å². The minimum Gasteiger partial charge on any atom is -0.481 e. The van der Waals surface area contributed by atoms with Gasteiger partial charge in [0.25, 0.3) is 0 Å². The summed E-state index contributed by atoms with van der Waals surface area (Å²) >= 11 is 0. The fourth-order valence-corrected chi connectivity index (χ4v) is 2.58. The summed E-state index contributed by atoms with van der Waals surface area (Å²) < 4.78 is 12.8. The van der Waals surface area contributed by atoms with Gasteiger partial charge in [0, 0.05) is 19.6 Å². The Morgan fingerprint density at radius 1 is 1.33 bits per heavy atom. The number of nitrogens with one attached hydrogen (secondary N) is 1. The number of nitrogens with zero attached hydrogens (tertiary/aromatic N) is 1. The van der Waals surface area contributed by atoms with Gasteiger partial charge in [0.1, 0.15) is 5.82 Å². The molecule has 0 aromatic heterocycles. The van der Waals surface area contributed by atoms with Gasteiger partial charge in [-0.2, -0.15) is 0 Å². The zero-order valence-electron chi connectivity index (χ0n) is 11.9. The van der Waals surface area contributed by atoms with Gasteiger partial charge in [0.05, 0.1) is 12.5 Å². The average Bonchev–Trinajstić information content (AvgIpc) is 2.79. The van der Waals surface area contributed by atoms with Crippen LogP contribution in [-0.4, -0.2) is 41.5 Å². The van der Waals surface area contributed by atoms with Crippen molar-refractivity contribution in [1.29, 1.82) is 0 Å². The number of carboxylic acids is 1. The molecular formula is C15H19FN2O3. The quantitative estimate of drug-likeness (QED) is 0.853. The maximum Gasteiger partial charge on any atom is 0.308 e. The van der Waals surface area contributed by atoms with Crippen molar-refractivity contribution in [2.75, 3.05) is 19.6 Å². The van der Waals surface area contributed by atoms with E-state index in [1.807, 2.05) is 11.8 Å². The summed E-state index contributed by atoms with van der Waals surface area (Å²) in [7, 11) is 0. The Morgan fingerprint density at radius 3 is 2.57 bits per heavy atom. The zero-order chi connectivity index (χ0) is 15.4. The molecule has 114 valence electrons. The van der Waals surface area contributed by atoms with Crippen molar-refractivity contribution in [3.05, 3.63) is 35.6 Å². The molecule has 2 atom stereocenters. The standard InChI is InChI=1S/C15H19FN2O3/c1-10-7-18(8-13(10)15(20)21)9-14(19)17-6-11-2-4-12(16)5-3-11/h2-5,10,13H,6-9H2,1H3,(H,17,19)(H,20,21). The van der Waals surface area contributed by atoms with Gasteiger partial charge in [-0.3, -0.25) is 14.5 Å². The van der Waals surface area contributed by atoms with Crippen molar-refractivity contribution in [2.45, 2.75) is 13.5 Å². The summed E-state index contributed by atoms with van der Waals surface area (Å²) in [6.45, 7) is 3.43. The van der Waals surface area contributed by atoms with Crippen molar-refractivity contribution in [1.82, 2.24) is 10.2 Å². The molecule has 1 aliphatic heterocycles. The number of benzene rings is 1. The molecule has 1 amide bonds. The number of hydrogen-bond donors (Lipinski definition) is 2. The van der Waals surface area contributed by atoms with Crippen molar-refractivity contribution >= 4 is 11.9 Å². The number of aliphatic carboxylic acids is 1. The minimum absolute atomic E-state index is 0.0485. The molecule has 2 rings (SSSR count). The van der Waals surface area contributed by atoms with Crippen LogP contribution in [0, 0.1) is 17.7 Å². The van der Waals surface area contributed by atoms with E-state index < -0.39 is 11.9 Å². The lowest BCUT2D eigenvalue weighted by molar-refractivity contribution is -0.142. The molecule has 1 saturated heterocycles. The highest BCUT2D eigenvalue weighted by atomic mass is 19.1. The molecule has 0 saturated carbocycles. The van der Waals surface area contributed by atoms with Gasteiger partial charge in [-0.05, 0) is 23.6 Å². The molecule has 2 N–H and O–H groups in total. The third-order valence-corrected chi connectivity index (χ3v) is 3.78. The second kappa shape index (κ2) is 6.67. The monoisotopic (exact) mass is 294 g/mol. The van der Waals surface area contributed by atoms with E-state index in [1.165, 1.54) is 12.1 Å². The molecule has 0 aliphatic carbocycles. The first-order chi connectivity index (χ1) is 9.95. The number of carboxylic acid groups (broad SMARTS) is 1. The third-order valence-electron chi connectivity index (χ3n) is 3.78. The summed E-state index contributed by atoms with van der Waals surface area (Å²) in [6, 6.07) is 5.93. The third kappa shape index (κ3) is 4.26. The number of likely N-dealkylation sites (tertiary alicyclic amines) is 1. The van der Waals surface area contributed by atoms with Crippen LogP contribution in [0.25, 0.3) is 0 Å². The molecule has 1 fully saturated rings. The number of amides is 1. The van der Waals surface area contributed by atoms with Gasteiger partial charge in [-0.1, -0.05) is 19.1 Å². The largest absolute Gasteiger partial charge is 0.481 e. The van der Waals surface area contributed by atoms with Crippen LogP contribution in [0.4, 0.5) is 4.39 Å².